The predicted molar refractivity (Wildman–Crippen MR) is 153 cm³/mol. The van der Waals surface area contributed by atoms with Gasteiger partial charge in [-0.1, -0.05) is 44.2 Å². The van der Waals surface area contributed by atoms with Crippen molar-refractivity contribution in [1.82, 2.24) is 25.1 Å². The molecule has 8 nitrogen and oxygen atoms in total. The highest BCUT2D eigenvalue weighted by Crippen LogP contribution is 2.43. The molecule has 226 valence electrons. The van der Waals surface area contributed by atoms with E-state index in [-0.39, 0.29) is 43.2 Å². The summed E-state index contributed by atoms with van der Waals surface area (Å²) < 4.78 is 45.8. The number of aliphatic hydroxyl groups excluding tert-OH is 1. The first-order valence-corrected chi connectivity index (χ1v) is 14.0. The van der Waals surface area contributed by atoms with Crippen LogP contribution in [-0.4, -0.2) is 70.3 Å². The lowest BCUT2D eigenvalue weighted by Gasteiger charge is -2.43. The summed E-state index contributed by atoms with van der Waals surface area (Å²) in [5, 5.41) is 16.1. The molecule has 1 aliphatic rings. The lowest BCUT2D eigenvalue weighted by atomic mass is 9.78. The topological polar surface area (TPSA) is 99.5 Å². The summed E-state index contributed by atoms with van der Waals surface area (Å²) in [4.78, 5) is 32.6. The molecule has 4 atom stereocenters. The van der Waals surface area contributed by atoms with Crippen molar-refractivity contribution in [1.29, 1.82) is 0 Å². The number of carbonyl (C=O) groups is 2. The Labute approximate surface area is 243 Å². The lowest BCUT2D eigenvalue weighted by Crippen LogP contribution is -2.50. The number of alkyl halides is 1. The fourth-order valence-corrected chi connectivity index (χ4v) is 5.58. The summed E-state index contributed by atoms with van der Waals surface area (Å²) in [5.41, 5.74) is -0.0559. The van der Waals surface area contributed by atoms with Crippen molar-refractivity contribution in [2.45, 2.75) is 52.1 Å². The molecule has 0 bridgehead atoms. The van der Waals surface area contributed by atoms with Crippen LogP contribution in [0.3, 0.4) is 0 Å². The van der Waals surface area contributed by atoms with Crippen molar-refractivity contribution in [2.24, 2.45) is 11.3 Å². The van der Waals surface area contributed by atoms with Crippen LogP contribution in [0.25, 0.3) is 11.3 Å². The van der Waals surface area contributed by atoms with Gasteiger partial charge in [0.2, 0.25) is 5.91 Å². The molecule has 0 aliphatic carbocycles. The molecule has 1 fully saturated rings. The van der Waals surface area contributed by atoms with Gasteiger partial charge >= 0.3 is 0 Å². The van der Waals surface area contributed by atoms with Gasteiger partial charge in [-0.3, -0.25) is 9.59 Å². The Kier molecular flexibility index (Phi) is 9.73. The number of nitrogens with one attached hydrogen (secondary N) is 2. The van der Waals surface area contributed by atoms with Crippen LogP contribution in [-0.2, 0) is 16.1 Å². The Hall–Kier alpha value is -3.70. The first kappa shape index (κ1) is 31.2. The maximum absolute atomic E-state index is 15.0. The number of nitrogens with zero attached hydrogens (tertiary/aromatic N) is 3. The first-order valence-electron chi connectivity index (χ1n) is 14.0. The molecule has 42 heavy (non-hydrogen) atoms. The SMILES string of the molecule is CNC(=O)CC(C)(C)C(c1nc(-c2cc(F)ccc2F)cn1Cc1ccccc1)N(CC1CNCC1F)C(=O)C(C)O. The van der Waals surface area contributed by atoms with E-state index in [0.29, 0.717) is 12.4 Å². The van der Waals surface area contributed by atoms with Gasteiger partial charge in [-0.05, 0) is 30.7 Å². The Balaban J connectivity index is 1.95. The maximum Gasteiger partial charge on any atom is 0.251 e. The average molecular weight is 586 g/mol. The number of halogens is 3. The van der Waals surface area contributed by atoms with E-state index in [9.17, 15) is 27.9 Å². The molecular weight excluding hydrogens is 547 g/mol. The standard InChI is InChI=1S/C31H38F3N5O3/c1-19(40)30(42)39(17-21-14-36-15-25(21)34)28(31(2,3)13-27(41)35-4)29-37-26(23-12-22(32)10-11-24(23)33)18-38(29)16-20-8-6-5-7-9-20/h5-12,18-19,21,25,28,36,40H,13-17H2,1-4H3,(H,35,41). The minimum Gasteiger partial charge on any atom is -0.384 e. The second kappa shape index (κ2) is 13.1. The predicted octanol–water partition coefficient (Wildman–Crippen LogP) is 3.85. The quantitative estimate of drug-likeness (QED) is 0.318. The van der Waals surface area contributed by atoms with Crippen LogP contribution >= 0.6 is 0 Å². The minimum atomic E-state index is -1.42. The number of benzene rings is 2. The molecule has 1 aliphatic heterocycles. The fourth-order valence-electron chi connectivity index (χ4n) is 5.58. The van der Waals surface area contributed by atoms with Gasteiger partial charge in [-0.15, -0.1) is 0 Å². The van der Waals surface area contributed by atoms with Crippen LogP contribution in [0.2, 0.25) is 0 Å². The lowest BCUT2D eigenvalue weighted by molar-refractivity contribution is -0.147. The minimum absolute atomic E-state index is 0.0401. The van der Waals surface area contributed by atoms with E-state index in [4.69, 9.17) is 4.98 Å². The number of aliphatic hydroxyl groups is 1. The largest absolute Gasteiger partial charge is 0.384 e. The van der Waals surface area contributed by atoms with Gasteiger partial charge in [-0.25, -0.2) is 18.2 Å². The van der Waals surface area contributed by atoms with Gasteiger partial charge in [0.05, 0.1) is 11.7 Å². The van der Waals surface area contributed by atoms with Gasteiger partial charge in [0, 0.05) is 62.7 Å². The van der Waals surface area contributed by atoms with Crippen LogP contribution in [0.5, 0.6) is 0 Å². The molecule has 3 N–H and O–H groups in total. The van der Waals surface area contributed by atoms with E-state index in [1.54, 1.807) is 24.6 Å². The van der Waals surface area contributed by atoms with Crippen molar-refractivity contribution in [3.05, 3.63) is 77.8 Å². The highest BCUT2D eigenvalue weighted by Gasteiger charge is 2.45. The molecular formula is C31H38F3N5O3. The summed E-state index contributed by atoms with van der Waals surface area (Å²) in [6.45, 7) is 5.59. The van der Waals surface area contributed by atoms with E-state index in [1.165, 1.54) is 18.9 Å². The van der Waals surface area contributed by atoms with Crippen LogP contribution in [0.1, 0.15) is 44.6 Å². The zero-order chi connectivity index (χ0) is 30.6. The third-order valence-electron chi connectivity index (χ3n) is 7.73. The number of imidazole rings is 1. The van der Waals surface area contributed by atoms with Gasteiger partial charge in [0.25, 0.3) is 5.91 Å². The van der Waals surface area contributed by atoms with Crippen molar-refractivity contribution >= 4 is 11.8 Å². The number of hydrogen-bond acceptors (Lipinski definition) is 5. The van der Waals surface area contributed by atoms with Crippen molar-refractivity contribution < 1.29 is 27.9 Å². The fraction of sp³-hybridized carbons (Fsp3) is 0.452. The summed E-state index contributed by atoms with van der Waals surface area (Å²) in [6, 6.07) is 11.5. The molecule has 0 saturated carbocycles. The van der Waals surface area contributed by atoms with E-state index in [2.05, 4.69) is 10.6 Å². The highest BCUT2D eigenvalue weighted by atomic mass is 19.1. The van der Waals surface area contributed by atoms with Crippen LogP contribution < -0.4 is 10.6 Å². The zero-order valence-corrected chi connectivity index (χ0v) is 24.3. The normalized spacial score (nSPS) is 18.5. The highest BCUT2D eigenvalue weighted by molar-refractivity contribution is 5.81. The molecule has 2 aromatic carbocycles. The summed E-state index contributed by atoms with van der Waals surface area (Å²) in [5.74, 6) is -2.54. The molecule has 0 radical (unpaired) electrons. The number of carbonyl (C=O) groups excluding carboxylic acids is 2. The van der Waals surface area contributed by atoms with Crippen molar-refractivity contribution in [3.8, 4) is 11.3 Å². The van der Waals surface area contributed by atoms with E-state index >= 15 is 0 Å². The molecule has 11 heteroatoms. The van der Waals surface area contributed by atoms with Crippen molar-refractivity contribution in [2.75, 3.05) is 26.7 Å². The number of rotatable bonds is 11. The van der Waals surface area contributed by atoms with Crippen LogP contribution in [0.4, 0.5) is 13.2 Å². The van der Waals surface area contributed by atoms with Gasteiger partial charge in [0.1, 0.15) is 29.7 Å². The van der Waals surface area contributed by atoms with Gasteiger partial charge < -0.3 is 25.2 Å². The molecule has 4 unspecified atom stereocenters. The molecule has 3 aromatic rings. The third kappa shape index (κ3) is 7.01. The number of amides is 2. The van der Waals surface area contributed by atoms with E-state index in [0.717, 1.165) is 23.8 Å². The maximum atomic E-state index is 15.0. The Morgan fingerprint density at radius 2 is 1.90 bits per heavy atom. The van der Waals surface area contributed by atoms with Crippen molar-refractivity contribution in [3.63, 3.8) is 0 Å². The van der Waals surface area contributed by atoms with Crippen LogP contribution in [0, 0.1) is 23.0 Å². The molecule has 2 heterocycles. The Bertz CT molecular complexity index is 1400. The number of hydrogen-bond donors (Lipinski definition) is 3. The summed E-state index contributed by atoms with van der Waals surface area (Å²) in [6.07, 6.45) is -1.10. The number of aromatic nitrogens is 2. The van der Waals surface area contributed by atoms with Crippen LogP contribution in [0.15, 0.2) is 54.7 Å². The van der Waals surface area contributed by atoms with E-state index < -0.39 is 47.2 Å². The molecule has 2 amide bonds. The Morgan fingerprint density at radius 1 is 1.19 bits per heavy atom. The smallest absolute Gasteiger partial charge is 0.251 e. The van der Waals surface area contributed by atoms with Gasteiger partial charge in [-0.2, -0.15) is 0 Å². The summed E-state index contributed by atoms with van der Waals surface area (Å²) in [7, 11) is 1.51. The molecule has 4 rings (SSSR count). The molecule has 1 saturated heterocycles. The second-order valence-corrected chi connectivity index (χ2v) is 11.6. The van der Waals surface area contributed by atoms with Gasteiger partial charge in [0.15, 0.2) is 0 Å². The van der Waals surface area contributed by atoms with E-state index in [1.807, 2.05) is 30.3 Å². The molecule has 0 spiro atoms. The first-order chi connectivity index (χ1) is 19.9. The third-order valence-corrected chi connectivity index (χ3v) is 7.73. The Morgan fingerprint density at radius 3 is 2.52 bits per heavy atom. The monoisotopic (exact) mass is 585 g/mol. The zero-order valence-electron chi connectivity index (χ0n) is 24.3. The second-order valence-electron chi connectivity index (χ2n) is 11.6. The summed E-state index contributed by atoms with van der Waals surface area (Å²) >= 11 is 0. The average Bonchev–Trinajstić information content (AvgIpc) is 3.54. The molecule has 1 aromatic heterocycles.